The van der Waals surface area contributed by atoms with Gasteiger partial charge in [-0.2, -0.15) is 0 Å². The maximum atomic E-state index is 11.4. The first-order valence-electron chi connectivity index (χ1n) is 6.78. The molecule has 2 aromatic heterocycles. The molecule has 0 aliphatic rings. The molecule has 0 saturated carbocycles. The number of thiophene rings is 1. The second kappa shape index (κ2) is 8.15. The molecule has 3 rings (SSSR count). The van der Waals surface area contributed by atoms with Gasteiger partial charge in [-0.1, -0.05) is 18.2 Å². The van der Waals surface area contributed by atoms with Gasteiger partial charge in [-0.05, 0) is 30.9 Å². The van der Waals surface area contributed by atoms with Gasteiger partial charge in [0, 0.05) is 16.6 Å². The minimum Gasteiger partial charge on any atom is -0.477 e. The Morgan fingerprint density at radius 1 is 1.29 bits per heavy atom. The third-order valence-electron chi connectivity index (χ3n) is 3.28. The largest absolute Gasteiger partial charge is 0.477 e. The molecule has 0 saturated heterocycles. The molecule has 1 aromatic carbocycles. The zero-order valence-corrected chi connectivity index (χ0v) is 17.1. The second-order valence-corrected chi connectivity index (χ2v) is 7.71. The first-order chi connectivity index (χ1) is 11.1. The number of carbonyl (C=O) groups is 1. The van der Waals surface area contributed by atoms with Gasteiger partial charge in [-0.3, -0.25) is 0 Å². The van der Waals surface area contributed by atoms with E-state index in [0.29, 0.717) is 4.88 Å². The summed E-state index contributed by atoms with van der Waals surface area (Å²) in [5.74, 6) is -0.882. The van der Waals surface area contributed by atoms with Gasteiger partial charge in [0.05, 0.1) is 9.90 Å². The number of benzene rings is 1. The summed E-state index contributed by atoms with van der Waals surface area (Å²) in [5, 5.41) is 15.3. The molecule has 0 aliphatic carbocycles. The average molecular weight is 443 g/mol. The van der Waals surface area contributed by atoms with Gasteiger partial charge >= 0.3 is 5.97 Å². The van der Waals surface area contributed by atoms with E-state index in [-0.39, 0.29) is 17.0 Å². The van der Waals surface area contributed by atoms with Gasteiger partial charge in [0.1, 0.15) is 4.88 Å². The highest BCUT2D eigenvalue weighted by molar-refractivity contribution is 8.93. The van der Waals surface area contributed by atoms with Crippen molar-refractivity contribution in [3.05, 3.63) is 46.2 Å². The number of nitrogens with one attached hydrogen (secondary N) is 1. The molecule has 0 fully saturated rings. The number of carboxylic acid groups (broad SMARTS) is 1. The lowest BCUT2D eigenvalue weighted by atomic mass is 10.1. The maximum Gasteiger partial charge on any atom is 0.346 e. The number of aromatic nitrogens is 1. The second-order valence-electron chi connectivity index (χ2n) is 4.76. The molecule has 0 unspecified atom stereocenters. The summed E-state index contributed by atoms with van der Waals surface area (Å²) in [4.78, 5) is 16.4. The topological polar surface area (TPSA) is 62.2 Å². The van der Waals surface area contributed by atoms with Crippen LogP contribution in [0.4, 0.5) is 10.8 Å². The Morgan fingerprint density at radius 2 is 2.00 bits per heavy atom. The van der Waals surface area contributed by atoms with Crippen LogP contribution in [0.5, 0.6) is 0 Å². The number of hydrogen-bond donors (Lipinski definition) is 2. The molecule has 2 N–H and O–H groups in total. The van der Waals surface area contributed by atoms with E-state index >= 15 is 0 Å². The van der Waals surface area contributed by atoms with Crippen LogP contribution in [0, 0.1) is 6.92 Å². The number of thiazole rings is 1. The number of aromatic carboxylic acids is 1. The monoisotopic (exact) mass is 442 g/mol. The predicted molar refractivity (Wildman–Crippen MR) is 109 cm³/mol. The highest BCUT2D eigenvalue weighted by atomic mass is 79.9. The van der Waals surface area contributed by atoms with E-state index in [9.17, 15) is 9.90 Å². The van der Waals surface area contributed by atoms with Crippen LogP contribution >= 0.6 is 51.4 Å². The number of halogens is 1. The fourth-order valence-electron chi connectivity index (χ4n) is 2.22. The van der Waals surface area contributed by atoms with E-state index in [2.05, 4.69) is 10.3 Å². The average Bonchev–Trinajstić information content (AvgIpc) is 3.12. The quantitative estimate of drug-likeness (QED) is 0.479. The highest BCUT2D eigenvalue weighted by Crippen LogP contribution is 2.42. The zero-order chi connectivity index (χ0) is 16.4. The SMILES string of the molecule is Br.CSc1sc(C(=O)O)c(C)c1-c1csc(Nc2ccccc2)n1. The molecule has 3 aromatic rings. The van der Waals surface area contributed by atoms with Crippen molar-refractivity contribution in [1.82, 2.24) is 4.98 Å². The number of nitrogens with zero attached hydrogens (tertiary/aromatic N) is 1. The standard InChI is InChI=1S/C16H14N2O2S3.BrH/c1-9-12(15(21-2)23-13(9)14(19)20)11-8-22-16(18-11)17-10-6-4-3-5-7-10;/h3-8H,1-2H3,(H,17,18)(H,19,20);1H. The van der Waals surface area contributed by atoms with E-state index in [0.717, 1.165) is 31.8 Å². The van der Waals surface area contributed by atoms with E-state index in [1.807, 2.05) is 48.9 Å². The molecular weight excluding hydrogens is 428 g/mol. The van der Waals surface area contributed by atoms with Crippen LogP contribution in [-0.4, -0.2) is 22.3 Å². The minimum atomic E-state index is -0.882. The molecule has 2 heterocycles. The summed E-state index contributed by atoms with van der Waals surface area (Å²) in [6.45, 7) is 1.85. The van der Waals surface area contributed by atoms with Crippen LogP contribution in [0.2, 0.25) is 0 Å². The fourth-order valence-corrected chi connectivity index (χ4v) is 4.88. The van der Waals surface area contributed by atoms with Crippen molar-refractivity contribution in [2.45, 2.75) is 11.1 Å². The van der Waals surface area contributed by atoms with Crippen molar-refractivity contribution in [3.63, 3.8) is 0 Å². The summed E-state index contributed by atoms with van der Waals surface area (Å²) in [7, 11) is 0. The molecule has 0 bridgehead atoms. The first kappa shape index (κ1) is 19.0. The Morgan fingerprint density at radius 3 is 2.62 bits per heavy atom. The molecule has 0 spiro atoms. The summed E-state index contributed by atoms with van der Waals surface area (Å²) in [6, 6.07) is 9.85. The smallest absolute Gasteiger partial charge is 0.346 e. The van der Waals surface area contributed by atoms with Crippen molar-refractivity contribution >= 4 is 68.2 Å². The maximum absolute atomic E-state index is 11.4. The lowest BCUT2D eigenvalue weighted by Crippen LogP contribution is -1.94. The number of carboxylic acids is 1. The fraction of sp³-hybridized carbons (Fsp3) is 0.125. The summed E-state index contributed by atoms with van der Waals surface area (Å²) in [6.07, 6.45) is 1.95. The van der Waals surface area contributed by atoms with Crippen molar-refractivity contribution in [2.24, 2.45) is 0 Å². The predicted octanol–water partition coefficient (Wildman–Crippen LogP) is 5.92. The highest BCUT2D eigenvalue weighted by Gasteiger charge is 2.22. The van der Waals surface area contributed by atoms with Gasteiger partial charge in [0.2, 0.25) is 0 Å². The van der Waals surface area contributed by atoms with Crippen molar-refractivity contribution in [3.8, 4) is 11.3 Å². The summed E-state index contributed by atoms with van der Waals surface area (Å²) < 4.78 is 0.983. The van der Waals surface area contributed by atoms with Crippen LogP contribution in [0.15, 0.2) is 39.9 Å². The Kier molecular flexibility index (Phi) is 6.45. The third-order valence-corrected chi connectivity index (χ3v) is 6.44. The minimum absolute atomic E-state index is 0. The molecule has 0 atom stereocenters. The summed E-state index contributed by atoms with van der Waals surface area (Å²) >= 11 is 4.38. The normalized spacial score (nSPS) is 10.2. The third kappa shape index (κ3) is 3.83. The number of rotatable bonds is 5. The van der Waals surface area contributed by atoms with E-state index in [1.54, 1.807) is 11.8 Å². The molecule has 126 valence electrons. The Hall–Kier alpha value is -1.35. The van der Waals surface area contributed by atoms with Gasteiger partial charge in [-0.25, -0.2) is 9.78 Å². The van der Waals surface area contributed by atoms with Crippen LogP contribution < -0.4 is 5.32 Å². The van der Waals surface area contributed by atoms with Crippen molar-refractivity contribution < 1.29 is 9.90 Å². The van der Waals surface area contributed by atoms with Gasteiger partial charge in [-0.15, -0.1) is 51.4 Å². The van der Waals surface area contributed by atoms with Gasteiger partial charge in [0.25, 0.3) is 0 Å². The number of thioether (sulfide) groups is 1. The Balaban J connectivity index is 0.00000208. The van der Waals surface area contributed by atoms with Gasteiger partial charge < -0.3 is 10.4 Å². The Bertz CT molecular complexity index is 846. The van der Waals surface area contributed by atoms with Crippen LogP contribution in [0.25, 0.3) is 11.3 Å². The van der Waals surface area contributed by atoms with Crippen LogP contribution in [0.3, 0.4) is 0 Å². The number of anilines is 2. The molecule has 0 aliphatic heterocycles. The first-order valence-corrected chi connectivity index (χ1v) is 9.71. The van der Waals surface area contributed by atoms with Gasteiger partial charge in [0.15, 0.2) is 5.13 Å². The van der Waals surface area contributed by atoms with Crippen LogP contribution in [0.1, 0.15) is 15.2 Å². The molecular formula is C16H15BrN2O2S3. The van der Waals surface area contributed by atoms with E-state index < -0.39 is 5.97 Å². The van der Waals surface area contributed by atoms with Crippen molar-refractivity contribution in [2.75, 3.05) is 11.6 Å². The van der Waals surface area contributed by atoms with Crippen molar-refractivity contribution in [1.29, 1.82) is 0 Å². The molecule has 0 radical (unpaired) electrons. The number of para-hydroxylation sites is 1. The molecule has 4 nitrogen and oxygen atoms in total. The van der Waals surface area contributed by atoms with Crippen LogP contribution in [-0.2, 0) is 0 Å². The molecule has 0 amide bonds. The molecule has 8 heteroatoms. The van der Waals surface area contributed by atoms with E-state index in [4.69, 9.17) is 0 Å². The lowest BCUT2D eigenvalue weighted by molar-refractivity contribution is 0.0701. The zero-order valence-electron chi connectivity index (χ0n) is 12.9. The molecule has 24 heavy (non-hydrogen) atoms. The Labute approximate surface area is 162 Å². The van der Waals surface area contributed by atoms with E-state index in [1.165, 1.54) is 22.7 Å². The summed E-state index contributed by atoms with van der Waals surface area (Å²) in [5.41, 5.74) is 3.51. The lowest BCUT2D eigenvalue weighted by Gasteiger charge is -2.02. The number of hydrogen-bond acceptors (Lipinski definition) is 6.